The number of nitrogens with zero attached hydrogens (tertiary/aromatic N) is 4. The van der Waals surface area contributed by atoms with Crippen LogP contribution >= 0.6 is 35.3 Å². The number of anilines is 1. The summed E-state index contributed by atoms with van der Waals surface area (Å²) in [6, 6.07) is 8.48. The molecule has 0 bridgehead atoms. The highest BCUT2D eigenvalue weighted by atomic mass is 127. The van der Waals surface area contributed by atoms with Crippen molar-refractivity contribution in [1.82, 2.24) is 15.2 Å². The van der Waals surface area contributed by atoms with Gasteiger partial charge in [-0.2, -0.15) is 0 Å². The minimum atomic E-state index is 0. The maximum Gasteiger partial charge on any atom is 0.193 e. The van der Waals surface area contributed by atoms with E-state index in [-0.39, 0.29) is 30.1 Å². The minimum absolute atomic E-state index is 0. The van der Waals surface area contributed by atoms with Gasteiger partial charge in [-0.25, -0.2) is 4.98 Å². The second-order valence-corrected chi connectivity index (χ2v) is 8.54. The summed E-state index contributed by atoms with van der Waals surface area (Å²) in [6.45, 7) is 7.67. The molecule has 0 amide bonds. The van der Waals surface area contributed by atoms with Gasteiger partial charge in [0.1, 0.15) is 6.10 Å². The van der Waals surface area contributed by atoms with Crippen molar-refractivity contribution in [3.63, 3.8) is 0 Å². The van der Waals surface area contributed by atoms with E-state index in [0.29, 0.717) is 6.61 Å². The lowest BCUT2D eigenvalue weighted by Gasteiger charge is -2.35. The van der Waals surface area contributed by atoms with Gasteiger partial charge in [0.2, 0.25) is 0 Å². The van der Waals surface area contributed by atoms with Gasteiger partial charge in [-0.1, -0.05) is 24.3 Å². The van der Waals surface area contributed by atoms with Crippen LogP contribution in [0.5, 0.6) is 0 Å². The molecule has 1 atom stereocenters. The SMILES string of the molecule is CN=C(NCCc1csc(N2CCCC2)n1)N1CCOC(c2ccccc2C)C1.I. The second-order valence-electron chi connectivity index (χ2n) is 7.70. The van der Waals surface area contributed by atoms with Crippen molar-refractivity contribution in [2.75, 3.05) is 51.3 Å². The third kappa shape index (κ3) is 5.64. The molecule has 0 aliphatic carbocycles. The molecule has 0 saturated carbocycles. The van der Waals surface area contributed by atoms with Gasteiger partial charge in [-0.05, 0) is 30.9 Å². The predicted molar refractivity (Wildman–Crippen MR) is 135 cm³/mol. The summed E-state index contributed by atoms with van der Waals surface area (Å²) >= 11 is 1.77. The average Bonchev–Trinajstić information content (AvgIpc) is 3.44. The Morgan fingerprint density at radius 1 is 1.27 bits per heavy atom. The third-order valence-corrected chi connectivity index (χ3v) is 6.64. The Morgan fingerprint density at radius 2 is 2.07 bits per heavy atom. The summed E-state index contributed by atoms with van der Waals surface area (Å²) < 4.78 is 6.06. The molecule has 0 radical (unpaired) electrons. The monoisotopic (exact) mass is 541 g/mol. The molecule has 1 unspecified atom stereocenters. The number of aliphatic imine (C=N–C) groups is 1. The van der Waals surface area contributed by atoms with Crippen molar-refractivity contribution in [3.05, 3.63) is 46.5 Å². The molecule has 2 aliphatic heterocycles. The smallest absolute Gasteiger partial charge is 0.193 e. The zero-order valence-electron chi connectivity index (χ0n) is 17.8. The highest BCUT2D eigenvalue weighted by Crippen LogP contribution is 2.26. The van der Waals surface area contributed by atoms with Gasteiger partial charge in [-0.15, -0.1) is 35.3 Å². The zero-order chi connectivity index (χ0) is 20.1. The Hall–Kier alpha value is -1.39. The van der Waals surface area contributed by atoms with Gasteiger partial charge in [0.15, 0.2) is 11.1 Å². The van der Waals surface area contributed by atoms with Gasteiger partial charge in [0, 0.05) is 45.0 Å². The van der Waals surface area contributed by atoms with Crippen LogP contribution in [0.2, 0.25) is 0 Å². The predicted octanol–water partition coefficient (Wildman–Crippen LogP) is 3.86. The van der Waals surface area contributed by atoms with E-state index in [0.717, 1.165) is 45.1 Å². The molecule has 30 heavy (non-hydrogen) atoms. The molecule has 0 spiro atoms. The summed E-state index contributed by atoms with van der Waals surface area (Å²) in [5.41, 5.74) is 3.71. The summed E-state index contributed by atoms with van der Waals surface area (Å²) in [4.78, 5) is 14.0. The van der Waals surface area contributed by atoms with E-state index in [1.165, 1.54) is 34.8 Å². The fourth-order valence-electron chi connectivity index (χ4n) is 4.08. The van der Waals surface area contributed by atoms with Crippen LogP contribution in [0, 0.1) is 6.92 Å². The Bertz CT molecular complexity index is 836. The van der Waals surface area contributed by atoms with Crippen LogP contribution in [-0.4, -0.2) is 62.2 Å². The molecule has 2 fully saturated rings. The molecule has 164 valence electrons. The lowest BCUT2D eigenvalue weighted by atomic mass is 10.0. The lowest BCUT2D eigenvalue weighted by Crippen LogP contribution is -2.48. The molecule has 8 heteroatoms. The van der Waals surface area contributed by atoms with Crippen LogP contribution < -0.4 is 10.2 Å². The van der Waals surface area contributed by atoms with Crippen molar-refractivity contribution < 1.29 is 4.74 Å². The molecule has 2 saturated heterocycles. The van der Waals surface area contributed by atoms with Crippen LogP contribution in [0.4, 0.5) is 5.13 Å². The maximum atomic E-state index is 6.06. The summed E-state index contributed by atoms with van der Waals surface area (Å²) in [7, 11) is 1.86. The molecule has 2 aromatic rings. The minimum Gasteiger partial charge on any atom is -0.370 e. The highest BCUT2D eigenvalue weighted by Gasteiger charge is 2.25. The topological polar surface area (TPSA) is 53.0 Å². The van der Waals surface area contributed by atoms with Gasteiger partial charge in [0.05, 0.1) is 18.8 Å². The zero-order valence-corrected chi connectivity index (χ0v) is 21.0. The van der Waals surface area contributed by atoms with Gasteiger partial charge in [0.25, 0.3) is 0 Å². The van der Waals surface area contributed by atoms with E-state index in [4.69, 9.17) is 9.72 Å². The van der Waals surface area contributed by atoms with E-state index in [2.05, 4.69) is 56.7 Å². The number of halogens is 1. The first kappa shape index (κ1) is 23.3. The van der Waals surface area contributed by atoms with Crippen LogP contribution in [0.15, 0.2) is 34.6 Å². The van der Waals surface area contributed by atoms with Gasteiger partial charge < -0.3 is 19.9 Å². The summed E-state index contributed by atoms with van der Waals surface area (Å²) in [6.07, 6.45) is 3.57. The first-order valence-corrected chi connectivity index (χ1v) is 11.4. The molecule has 6 nitrogen and oxygen atoms in total. The number of hydrogen-bond acceptors (Lipinski definition) is 5. The van der Waals surface area contributed by atoms with E-state index < -0.39 is 0 Å². The molecule has 3 heterocycles. The number of nitrogens with one attached hydrogen (secondary N) is 1. The van der Waals surface area contributed by atoms with E-state index in [9.17, 15) is 0 Å². The largest absolute Gasteiger partial charge is 0.370 e. The number of benzene rings is 1. The fourth-order valence-corrected chi connectivity index (χ4v) is 4.99. The van der Waals surface area contributed by atoms with Crippen molar-refractivity contribution in [2.24, 2.45) is 4.99 Å². The standard InChI is InChI=1S/C22H31N5OS.HI/c1-17-7-3-4-8-19(17)20-15-27(13-14-28-20)21(23-2)24-10-9-18-16-29-22(25-18)26-11-5-6-12-26;/h3-4,7-8,16,20H,5-6,9-15H2,1-2H3,(H,23,24);1H. The average molecular weight is 542 g/mol. The summed E-state index contributed by atoms with van der Waals surface area (Å²) in [5, 5.41) is 6.90. The number of thiazole rings is 1. The molecule has 1 aromatic carbocycles. The van der Waals surface area contributed by atoms with Crippen LogP contribution in [0.1, 0.15) is 35.8 Å². The summed E-state index contributed by atoms with van der Waals surface area (Å²) in [5.74, 6) is 0.946. The van der Waals surface area contributed by atoms with Crippen molar-refractivity contribution in [2.45, 2.75) is 32.3 Å². The normalized spacial score (nSPS) is 19.7. The van der Waals surface area contributed by atoms with Gasteiger partial charge in [-0.3, -0.25) is 4.99 Å². The van der Waals surface area contributed by atoms with Crippen molar-refractivity contribution in [3.8, 4) is 0 Å². The highest BCUT2D eigenvalue weighted by molar-refractivity contribution is 14.0. The maximum absolute atomic E-state index is 6.06. The van der Waals surface area contributed by atoms with E-state index >= 15 is 0 Å². The first-order valence-electron chi connectivity index (χ1n) is 10.6. The third-order valence-electron chi connectivity index (χ3n) is 5.69. The number of ether oxygens (including phenoxy) is 1. The number of guanidine groups is 1. The molecule has 1 N–H and O–H groups in total. The molecule has 1 aromatic heterocycles. The van der Waals surface area contributed by atoms with E-state index in [1.54, 1.807) is 11.3 Å². The van der Waals surface area contributed by atoms with Crippen LogP contribution in [-0.2, 0) is 11.2 Å². The fraction of sp³-hybridized carbons (Fsp3) is 0.545. The molecular formula is C22H32IN5OS. The second kappa shape index (κ2) is 11.3. The van der Waals surface area contributed by atoms with Crippen LogP contribution in [0.3, 0.4) is 0 Å². The number of rotatable bonds is 5. The number of morpholine rings is 1. The molecule has 2 aliphatic rings. The lowest BCUT2D eigenvalue weighted by molar-refractivity contribution is -0.00829. The number of hydrogen-bond donors (Lipinski definition) is 1. The Labute approximate surface area is 200 Å². The Kier molecular flexibility index (Phi) is 8.76. The van der Waals surface area contributed by atoms with Crippen molar-refractivity contribution >= 4 is 46.4 Å². The van der Waals surface area contributed by atoms with Crippen molar-refractivity contribution in [1.29, 1.82) is 0 Å². The Morgan fingerprint density at radius 3 is 2.83 bits per heavy atom. The number of aryl methyl sites for hydroxylation is 1. The molecule has 4 rings (SSSR count). The number of aromatic nitrogens is 1. The van der Waals surface area contributed by atoms with E-state index in [1.807, 2.05) is 7.05 Å². The first-order chi connectivity index (χ1) is 14.2. The molecular weight excluding hydrogens is 509 g/mol. The van der Waals surface area contributed by atoms with Crippen LogP contribution in [0.25, 0.3) is 0 Å². The quantitative estimate of drug-likeness (QED) is 0.354. The van der Waals surface area contributed by atoms with Gasteiger partial charge >= 0.3 is 0 Å². The Balaban J connectivity index is 0.00000256.